The van der Waals surface area contributed by atoms with E-state index in [2.05, 4.69) is 0 Å². The maximum atomic E-state index is 8.75. The first-order valence-corrected chi connectivity index (χ1v) is 6.98. The molecule has 4 aliphatic carbocycles. The molecule has 0 aliphatic heterocycles. The second-order valence-electron chi connectivity index (χ2n) is 6.55. The number of hydrogen-bond donors (Lipinski definition) is 1. The highest BCUT2D eigenvalue weighted by Gasteiger charge is 2.50. The standard InChI is InChI=1S/C14H24O2/c15-2-1-3-16-10-14-7-11-4-12(8-14)6-13(5-11)9-14/h11-13,15H,1-10H2. The maximum Gasteiger partial charge on any atom is 0.0522 e. The highest BCUT2D eigenvalue weighted by Crippen LogP contribution is 2.59. The van der Waals surface area contributed by atoms with Crippen molar-refractivity contribution < 1.29 is 9.84 Å². The lowest BCUT2D eigenvalue weighted by Gasteiger charge is -2.56. The van der Waals surface area contributed by atoms with Gasteiger partial charge in [-0.05, 0) is 68.1 Å². The molecule has 0 amide bonds. The summed E-state index contributed by atoms with van der Waals surface area (Å²) in [4.78, 5) is 0. The summed E-state index contributed by atoms with van der Waals surface area (Å²) in [5.41, 5.74) is 0.546. The zero-order valence-electron chi connectivity index (χ0n) is 10.2. The Balaban J connectivity index is 1.56. The summed E-state index contributed by atoms with van der Waals surface area (Å²) in [5.74, 6) is 3.06. The van der Waals surface area contributed by atoms with E-state index in [-0.39, 0.29) is 6.61 Å². The van der Waals surface area contributed by atoms with Crippen LogP contribution in [0.3, 0.4) is 0 Å². The molecule has 4 rings (SSSR count). The van der Waals surface area contributed by atoms with Crippen LogP contribution in [-0.4, -0.2) is 24.9 Å². The Bertz CT molecular complexity index is 214. The summed E-state index contributed by atoms with van der Waals surface area (Å²) in [6.07, 6.45) is 9.61. The van der Waals surface area contributed by atoms with Gasteiger partial charge in [-0.25, -0.2) is 0 Å². The van der Waals surface area contributed by atoms with E-state index in [0.29, 0.717) is 5.41 Å². The van der Waals surface area contributed by atoms with E-state index in [1.54, 1.807) is 0 Å². The van der Waals surface area contributed by atoms with Crippen LogP contribution < -0.4 is 0 Å². The summed E-state index contributed by atoms with van der Waals surface area (Å²) in [5, 5.41) is 8.75. The van der Waals surface area contributed by atoms with Gasteiger partial charge in [-0.2, -0.15) is 0 Å². The molecule has 1 N–H and O–H groups in total. The summed E-state index contributed by atoms with van der Waals surface area (Å²) < 4.78 is 5.80. The van der Waals surface area contributed by atoms with Gasteiger partial charge in [0.2, 0.25) is 0 Å². The fourth-order valence-electron chi connectivity index (χ4n) is 4.92. The molecular formula is C14H24O2. The van der Waals surface area contributed by atoms with Gasteiger partial charge in [0, 0.05) is 13.2 Å². The van der Waals surface area contributed by atoms with E-state index >= 15 is 0 Å². The third-order valence-corrected chi connectivity index (χ3v) is 5.02. The molecule has 92 valence electrons. The molecule has 0 aromatic rings. The highest BCUT2D eigenvalue weighted by atomic mass is 16.5. The molecule has 4 fully saturated rings. The topological polar surface area (TPSA) is 29.5 Å². The molecule has 0 aromatic carbocycles. The molecular weight excluding hydrogens is 200 g/mol. The Kier molecular flexibility index (Phi) is 2.97. The molecule has 0 spiro atoms. The Morgan fingerprint density at radius 1 is 1.00 bits per heavy atom. The third kappa shape index (κ3) is 2.02. The second kappa shape index (κ2) is 4.30. The van der Waals surface area contributed by atoms with Crippen molar-refractivity contribution in [3.8, 4) is 0 Å². The lowest BCUT2D eigenvalue weighted by Crippen LogP contribution is -2.48. The fraction of sp³-hybridized carbons (Fsp3) is 1.00. The van der Waals surface area contributed by atoms with E-state index < -0.39 is 0 Å². The van der Waals surface area contributed by atoms with Crippen LogP contribution in [0.5, 0.6) is 0 Å². The van der Waals surface area contributed by atoms with Crippen molar-refractivity contribution in [2.24, 2.45) is 23.2 Å². The van der Waals surface area contributed by atoms with Crippen molar-refractivity contribution in [1.29, 1.82) is 0 Å². The van der Waals surface area contributed by atoms with Crippen LogP contribution in [0.1, 0.15) is 44.9 Å². The van der Waals surface area contributed by atoms with Crippen molar-refractivity contribution >= 4 is 0 Å². The van der Waals surface area contributed by atoms with Gasteiger partial charge in [-0.15, -0.1) is 0 Å². The molecule has 0 saturated heterocycles. The highest BCUT2D eigenvalue weighted by molar-refractivity contribution is 5.01. The van der Waals surface area contributed by atoms with Crippen LogP contribution in [0, 0.1) is 23.2 Å². The van der Waals surface area contributed by atoms with Gasteiger partial charge >= 0.3 is 0 Å². The van der Waals surface area contributed by atoms with Crippen molar-refractivity contribution in [3.05, 3.63) is 0 Å². The summed E-state index contributed by atoms with van der Waals surface area (Å²) >= 11 is 0. The predicted molar refractivity (Wildman–Crippen MR) is 63.1 cm³/mol. The van der Waals surface area contributed by atoms with Crippen molar-refractivity contribution in [3.63, 3.8) is 0 Å². The molecule has 0 atom stereocenters. The first-order chi connectivity index (χ1) is 7.80. The van der Waals surface area contributed by atoms with Crippen molar-refractivity contribution in [2.75, 3.05) is 19.8 Å². The van der Waals surface area contributed by atoms with Gasteiger partial charge in [-0.3, -0.25) is 0 Å². The quantitative estimate of drug-likeness (QED) is 0.727. The molecule has 2 nitrogen and oxygen atoms in total. The van der Waals surface area contributed by atoms with E-state index in [4.69, 9.17) is 9.84 Å². The molecule has 4 bridgehead atoms. The minimum atomic E-state index is 0.265. The summed E-state index contributed by atoms with van der Waals surface area (Å²) in [6.45, 7) is 1.98. The SMILES string of the molecule is OCCCOCC12CC3CC(CC(C3)C1)C2. The Labute approximate surface area is 98.4 Å². The number of ether oxygens (including phenoxy) is 1. The molecule has 0 aromatic heterocycles. The lowest BCUT2D eigenvalue weighted by atomic mass is 9.50. The van der Waals surface area contributed by atoms with Crippen LogP contribution in [0.25, 0.3) is 0 Å². The van der Waals surface area contributed by atoms with E-state index in [9.17, 15) is 0 Å². The molecule has 0 radical (unpaired) electrons. The van der Waals surface area contributed by atoms with Crippen LogP contribution in [0.15, 0.2) is 0 Å². The lowest BCUT2D eigenvalue weighted by molar-refractivity contribution is -0.0971. The largest absolute Gasteiger partial charge is 0.396 e. The van der Waals surface area contributed by atoms with Crippen LogP contribution >= 0.6 is 0 Å². The Morgan fingerprint density at radius 2 is 1.56 bits per heavy atom. The van der Waals surface area contributed by atoms with Gasteiger partial charge in [0.15, 0.2) is 0 Å². The molecule has 4 saturated carbocycles. The number of rotatable bonds is 5. The van der Waals surface area contributed by atoms with Gasteiger partial charge in [0.1, 0.15) is 0 Å². The molecule has 4 aliphatic rings. The predicted octanol–water partition coefficient (Wildman–Crippen LogP) is 2.60. The maximum absolute atomic E-state index is 8.75. The van der Waals surface area contributed by atoms with Crippen molar-refractivity contribution in [1.82, 2.24) is 0 Å². The monoisotopic (exact) mass is 224 g/mol. The Hall–Kier alpha value is -0.0800. The second-order valence-corrected chi connectivity index (χ2v) is 6.55. The smallest absolute Gasteiger partial charge is 0.0522 e. The fourth-order valence-corrected chi connectivity index (χ4v) is 4.92. The molecule has 0 heterocycles. The zero-order chi connectivity index (χ0) is 11.0. The minimum absolute atomic E-state index is 0.265. The van der Waals surface area contributed by atoms with Gasteiger partial charge < -0.3 is 9.84 Å². The number of aliphatic hydroxyl groups is 1. The minimum Gasteiger partial charge on any atom is -0.396 e. The Morgan fingerprint density at radius 3 is 2.06 bits per heavy atom. The molecule has 2 heteroatoms. The zero-order valence-corrected chi connectivity index (χ0v) is 10.2. The van der Waals surface area contributed by atoms with E-state index in [1.165, 1.54) is 38.5 Å². The normalized spacial score (nSPS) is 45.2. The number of hydrogen-bond acceptors (Lipinski definition) is 2. The van der Waals surface area contributed by atoms with E-state index in [0.717, 1.165) is 37.4 Å². The summed E-state index contributed by atoms with van der Waals surface area (Å²) in [6, 6.07) is 0. The summed E-state index contributed by atoms with van der Waals surface area (Å²) in [7, 11) is 0. The first kappa shape index (κ1) is 11.0. The van der Waals surface area contributed by atoms with Gasteiger partial charge in [0.25, 0.3) is 0 Å². The van der Waals surface area contributed by atoms with Crippen LogP contribution in [0.4, 0.5) is 0 Å². The van der Waals surface area contributed by atoms with Gasteiger partial charge in [-0.1, -0.05) is 0 Å². The first-order valence-electron chi connectivity index (χ1n) is 6.98. The molecule has 0 unspecified atom stereocenters. The average Bonchev–Trinajstić information content (AvgIpc) is 2.22. The van der Waals surface area contributed by atoms with Crippen molar-refractivity contribution in [2.45, 2.75) is 44.9 Å². The van der Waals surface area contributed by atoms with E-state index in [1.807, 2.05) is 0 Å². The van der Waals surface area contributed by atoms with Crippen LogP contribution in [0.2, 0.25) is 0 Å². The third-order valence-electron chi connectivity index (χ3n) is 5.02. The van der Waals surface area contributed by atoms with Gasteiger partial charge in [0.05, 0.1) is 6.61 Å². The average molecular weight is 224 g/mol. The number of aliphatic hydroxyl groups excluding tert-OH is 1. The molecule has 16 heavy (non-hydrogen) atoms. The van der Waals surface area contributed by atoms with Crippen LogP contribution in [-0.2, 0) is 4.74 Å².